The van der Waals surface area contributed by atoms with Crippen LogP contribution in [0.15, 0.2) is 18.2 Å². The first-order valence-electron chi connectivity index (χ1n) is 4.22. The maximum Gasteiger partial charge on any atom is 0.165 e. The maximum atomic E-state index is 13.8. The van der Waals surface area contributed by atoms with Crippen LogP contribution in [0.2, 0.25) is 0 Å². The van der Waals surface area contributed by atoms with E-state index in [0.29, 0.717) is 5.56 Å². The van der Waals surface area contributed by atoms with E-state index in [1.165, 1.54) is 19.1 Å². The van der Waals surface area contributed by atoms with Gasteiger partial charge < -0.3 is 4.74 Å². The minimum absolute atomic E-state index is 0.0683. The van der Waals surface area contributed by atoms with Crippen LogP contribution < -0.4 is 4.74 Å². The van der Waals surface area contributed by atoms with Gasteiger partial charge in [0.05, 0.1) is 6.61 Å². The number of ether oxygens (including phenoxy) is 1. The number of alkyl halides is 1. The summed E-state index contributed by atoms with van der Waals surface area (Å²) in [4.78, 5) is 0. The number of hydrogen-bond acceptors (Lipinski definition) is 1. The van der Waals surface area contributed by atoms with Crippen LogP contribution in [0.4, 0.5) is 8.78 Å². The molecule has 1 aliphatic rings. The third kappa shape index (κ3) is 1.28. The Morgan fingerprint density at radius 2 is 2.23 bits per heavy atom. The van der Waals surface area contributed by atoms with Crippen LogP contribution in [-0.2, 0) is 5.67 Å². The summed E-state index contributed by atoms with van der Waals surface area (Å²) in [6.07, 6.45) is 0.281. The first-order valence-corrected chi connectivity index (χ1v) is 4.22. The minimum atomic E-state index is -1.46. The quantitative estimate of drug-likeness (QED) is 0.602. The monoisotopic (exact) mass is 184 g/mol. The van der Waals surface area contributed by atoms with Crippen LogP contribution in [0.25, 0.3) is 0 Å². The van der Waals surface area contributed by atoms with Crippen LogP contribution in [0.1, 0.15) is 18.9 Å². The van der Waals surface area contributed by atoms with E-state index in [0.717, 1.165) is 0 Å². The maximum absolute atomic E-state index is 13.8. The molecule has 13 heavy (non-hydrogen) atoms. The SMILES string of the molecule is CC1(F)CCOc2c(F)cccc21. The normalized spacial score (nSPS) is 26.4. The lowest BCUT2D eigenvalue weighted by atomic mass is 9.92. The Labute approximate surface area is 75.3 Å². The summed E-state index contributed by atoms with van der Waals surface area (Å²) < 4.78 is 32.0. The second-order valence-corrected chi connectivity index (χ2v) is 3.41. The molecule has 0 fully saturated rings. The number of halogens is 2. The van der Waals surface area contributed by atoms with Gasteiger partial charge in [0.25, 0.3) is 0 Å². The molecule has 0 saturated heterocycles. The number of fused-ring (bicyclic) bond motifs is 1. The molecule has 1 atom stereocenters. The molecule has 1 nitrogen and oxygen atoms in total. The topological polar surface area (TPSA) is 9.23 Å². The summed E-state index contributed by atoms with van der Waals surface area (Å²) in [6.45, 7) is 1.69. The Morgan fingerprint density at radius 3 is 2.92 bits per heavy atom. The molecule has 0 amide bonds. The fourth-order valence-electron chi connectivity index (χ4n) is 1.55. The van der Waals surface area contributed by atoms with Crippen molar-refractivity contribution < 1.29 is 13.5 Å². The third-order valence-electron chi connectivity index (χ3n) is 2.35. The van der Waals surface area contributed by atoms with Gasteiger partial charge in [-0.1, -0.05) is 12.1 Å². The van der Waals surface area contributed by atoms with E-state index in [4.69, 9.17) is 4.74 Å². The van der Waals surface area contributed by atoms with Crippen molar-refractivity contribution in [3.05, 3.63) is 29.6 Å². The van der Waals surface area contributed by atoms with Gasteiger partial charge >= 0.3 is 0 Å². The fourth-order valence-corrected chi connectivity index (χ4v) is 1.55. The third-order valence-corrected chi connectivity index (χ3v) is 2.35. The van der Waals surface area contributed by atoms with Crippen molar-refractivity contribution in [3.63, 3.8) is 0 Å². The summed E-state index contributed by atoms with van der Waals surface area (Å²) in [7, 11) is 0. The van der Waals surface area contributed by atoms with E-state index in [-0.39, 0.29) is 18.8 Å². The Balaban J connectivity index is 2.58. The molecule has 0 aliphatic carbocycles. The van der Waals surface area contributed by atoms with E-state index < -0.39 is 11.5 Å². The molecule has 1 aromatic rings. The Kier molecular flexibility index (Phi) is 1.75. The summed E-state index contributed by atoms with van der Waals surface area (Å²) >= 11 is 0. The van der Waals surface area contributed by atoms with Crippen LogP contribution in [0.5, 0.6) is 5.75 Å². The Morgan fingerprint density at radius 1 is 1.46 bits per heavy atom. The molecule has 70 valence electrons. The number of hydrogen-bond donors (Lipinski definition) is 0. The van der Waals surface area contributed by atoms with Crippen molar-refractivity contribution >= 4 is 0 Å². The van der Waals surface area contributed by atoms with E-state index in [9.17, 15) is 8.78 Å². The van der Waals surface area contributed by atoms with Gasteiger partial charge in [-0.15, -0.1) is 0 Å². The van der Waals surface area contributed by atoms with Crippen LogP contribution >= 0.6 is 0 Å². The van der Waals surface area contributed by atoms with Crippen molar-refractivity contribution in [1.29, 1.82) is 0 Å². The average molecular weight is 184 g/mol. The zero-order chi connectivity index (χ0) is 9.47. The molecule has 1 unspecified atom stereocenters. The zero-order valence-electron chi connectivity index (χ0n) is 7.31. The standard InChI is InChI=1S/C10H10F2O/c1-10(12)5-6-13-9-7(10)3-2-4-8(9)11/h2-4H,5-6H2,1H3. The smallest absolute Gasteiger partial charge is 0.165 e. The van der Waals surface area contributed by atoms with E-state index in [1.54, 1.807) is 6.07 Å². The molecule has 1 heterocycles. The van der Waals surface area contributed by atoms with Gasteiger partial charge in [0.15, 0.2) is 11.6 Å². The lowest BCUT2D eigenvalue weighted by Gasteiger charge is -2.28. The number of rotatable bonds is 0. The molecule has 0 saturated carbocycles. The van der Waals surface area contributed by atoms with Crippen molar-refractivity contribution in [2.45, 2.75) is 19.0 Å². The molecule has 0 bridgehead atoms. The van der Waals surface area contributed by atoms with Gasteiger partial charge in [0.1, 0.15) is 5.67 Å². The van der Waals surface area contributed by atoms with Gasteiger partial charge in [0, 0.05) is 12.0 Å². The van der Waals surface area contributed by atoms with E-state index >= 15 is 0 Å². The van der Waals surface area contributed by atoms with Crippen molar-refractivity contribution in [2.75, 3.05) is 6.61 Å². The summed E-state index contributed by atoms with van der Waals surface area (Å²) in [5.74, 6) is -0.417. The van der Waals surface area contributed by atoms with Gasteiger partial charge in [0.2, 0.25) is 0 Å². The lowest BCUT2D eigenvalue weighted by molar-refractivity contribution is 0.106. The van der Waals surface area contributed by atoms with Gasteiger partial charge in [-0.25, -0.2) is 8.78 Å². The van der Waals surface area contributed by atoms with Crippen molar-refractivity contribution in [2.24, 2.45) is 0 Å². The van der Waals surface area contributed by atoms with Gasteiger partial charge in [-0.2, -0.15) is 0 Å². The Hall–Kier alpha value is -1.12. The highest BCUT2D eigenvalue weighted by atomic mass is 19.1. The summed E-state index contributed by atoms with van der Waals surface area (Å²) in [5, 5.41) is 0. The van der Waals surface area contributed by atoms with Crippen LogP contribution in [0, 0.1) is 5.82 Å². The predicted molar refractivity (Wildman–Crippen MR) is 45.0 cm³/mol. The van der Waals surface area contributed by atoms with Crippen molar-refractivity contribution in [1.82, 2.24) is 0 Å². The number of para-hydroxylation sites is 1. The molecule has 0 N–H and O–H groups in total. The second-order valence-electron chi connectivity index (χ2n) is 3.41. The molecular formula is C10H10F2O. The average Bonchev–Trinajstić information content (AvgIpc) is 2.06. The first kappa shape index (κ1) is 8.48. The highest BCUT2D eigenvalue weighted by molar-refractivity contribution is 5.40. The van der Waals surface area contributed by atoms with Crippen LogP contribution in [-0.4, -0.2) is 6.61 Å². The van der Waals surface area contributed by atoms with E-state index in [2.05, 4.69) is 0 Å². The molecule has 1 aromatic carbocycles. The lowest BCUT2D eigenvalue weighted by Crippen LogP contribution is -2.25. The molecule has 1 aliphatic heterocycles. The molecule has 0 radical (unpaired) electrons. The molecule has 0 aromatic heterocycles. The van der Waals surface area contributed by atoms with Gasteiger partial charge in [-0.3, -0.25) is 0 Å². The van der Waals surface area contributed by atoms with Crippen LogP contribution in [0.3, 0.4) is 0 Å². The zero-order valence-corrected chi connectivity index (χ0v) is 7.31. The number of benzene rings is 1. The highest BCUT2D eigenvalue weighted by Crippen LogP contribution is 2.40. The highest BCUT2D eigenvalue weighted by Gasteiger charge is 2.34. The summed E-state index contributed by atoms with van der Waals surface area (Å²) in [5.41, 5.74) is -1.14. The molecule has 3 heteroatoms. The Bertz CT molecular complexity index is 334. The molecule has 0 spiro atoms. The van der Waals surface area contributed by atoms with Gasteiger partial charge in [-0.05, 0) is 13.0 Å². The fraction of sp³-hybridized carbons (Fsp3) is 0.400. The molecule has 2 rings (SSSR count). The van der Waals surface area contributed by atoms with E-state index in [1.807, 2.05) is 0 Å². The van der Waals surface area contributed by atoms with Crippen molar-refractivity contribution in [3.8, 4) is 5.75 Å². The second kappa shape index (κ2) is 2.69. The minimum Gasteiger partial charge on any atom is -0.490 e. The first-order chi connectivity index (χ1) is 6.11. The largest absolute Gasteiger partial charge is 0.490 e. The summed E-state index contributed by atoms with van der Waals surface area (Å²) in [6, 6.07) is 4.35. The molecular weight excluding hydrogens is 174 g/mol. The predicted octanol–water partition coefficient (Wildman–Crippen LogP) is 2.79.